The smallest absolute Gasteiger partial charge is 0.318 e. The van der Waals surface area contributed by atoms with E-state index in [1.807, 2.05) is 36.6 Å². The molecule has 1 heterocycles. The first-order valence-corrected chi connectivity index (χ1v) is 8.99. The van der Waals surface area contributed by atoms with Crippen molar-refractivity contribution in [3.8, 4) is 0 Å². The Bertz CT molecular complexity index is 696. The van der Waals surface area contributed by atoms with Gasteiger partial charge in [0.25, 0.3) is 5.91 Å². The van der Waals surface area contributed by atoms with Crippen LogP contribution < -0.4 is 10.6 Å². The van der Waals surface area contributed by atoms with E-state index in [-0.39, 0.29) is 11.9 Å². The van der Waals surface area contributed by atoms with Crippen molar-refractivity contribution in [2.24, 2.45) is 0 Å². The Hall–Kier alpha value is -2.60. The molecule has 3 amide bonds. The van der Waals surface area contributed by atoms with Crippen molar-refractivity contribution < 1.29 is 9.59 Å². The molecule has 0 saturated carbocycles. The molecule has 0 aliphatic heterocycles. The van der Waals surface area contributed by atoms with Crippen LogP contribution >= 0.6 is 11.3 Å². The maximum absolute atomic E-state index is 12.3. The standard InChI is InChI=1S/C19H23N3O2S/c1-3-12-22(14-17-5-4-13-25-17)19(24)21-11-10-20-18(23)16-8-6-15(2)7-9-16/h3-9,13H,1,10-12,14H2,2H3,(H,20,23)(H,21,24). The first-order chi connectivity index (χ1) is 12.1. The topological polar surface area (TPSA) is 61.4 Å². The van der Waals surface area contributed by atoms with Crippen molar-refractivity contribution in [1.29, 1.82) is 0 Å². The second kappa shape index (κ2) is 9.64. The molecule has 5 nitrogen and oxygen atoms in total. The van der Waals surface area contributed by atoms with E-state index < -0.39 is 0 Å². The van der Waals surface area contributed by atoms with E-state index in [4.69, 9.17) is 0 Å². The summed E-state index contributed by atoms with van der Waals surface area (Å²) in [6, 6.07) is 11.2. The Morgan fingerprint density at radius 1 is 1.16 bits per heavy atom. The predicted molar refractivity (Wildman–Crippen MR) is 102 cm³/mol. The molecule has 2 N–H and O–H groups in total. The highest BCUT2D eigenvalue weighted by atomic mass is 32.1. The van der Waals surface area contributed by atoms with Crippen LogP contribution in [-0.4, -0.2) is 36.5 Å². The van der Waals surface area contributed by atoms with Gasteiger partial charge in [-0.05, 0) is 30.5 Å². The first kappa shape index (κ1) is 18.7. The fourth-order valence-corrected chi connectivity index (χ4v) is 2.95. The lowest BCUT2D eigenvalue weighted by Gasteiger charge is -2.21. The number of aryl methyl sites for hydroxylation is 1. The minimum absolute atomic E-state index is 0.143. The lowest BCUT2D eigenvalue weighted by atomic mass is 10.1. The largest absolute Gasteiger partial charge is 0.350 e. The van der Waals surface area contributed by atoms with Crippen LogP contribution in [0.25, 0.3) is 0 Å². The van der Waals surface area contributed by atoms with Gasteiger partial charge in [-0.25, -0.2) is 4.79 Å². The SMILES string of the molecule is C=CCN(Cc1cccs1)C(=O)NCCNC(=O)c1ccc(C)cc1. The van der Waals surface area contributed by atoms with E-state index in [1.165, 1.54) is 0 Å². The third kappa shape index (κ3) is 6.08. The highest BCUT2D eigenvalue weighted by Gasteiger charge is 2.12. The number of benzene rings is 1. The van der Waals surface area contributed by atoms with Crippen molar-refractivity contribution in [1.82, 2.24) is 15.5 Å². The summed E-state index contributed by atoms with van der Waals surface area (Å²) in [5.41, 5.74) is 1.72. The summed E-state index contributed by atoms with van der Waals surface area (Å²) in [6.07, 6.45) is 1.70. The van der Waals surface area contributed by atoms with Crippen molar-refractivity contribution in [2.75, 3.05) is 19.6 Å². The Morgan fingerprint density at radius 3 is 2.52 bits per heavy atom. The molecular formula is C19H23N3O2S. The molecule has 0 fully saturated rings. The Labute approximate surface area is 152 Å². The molecule has 0 aliphatic rings. The fraction of sp³-hybridized carbons (Fsp3) is 0.263. The molecule has 0 aliphatic carbocycles. The number of carbonyl (C=O) groups is 2. The van der Waals surface area contributed by atoms with Gasteiger partial charge in [0.05, 0.1) is 6.54 Å². The van der Waals surface area contributed by atoms with Crippen molar-refractivity contribution in [3.05, 3.63) is 70.4 Å². The van der Waals surface area contributed by atoms with Crippen LogP contribution in [0.1, 0.15) is 20.8 Å². The zero-order valence-corrected chi connectivity index (χ0v) is 15.1. The molecule has 132 valence electrons. The molecule has 0 saturated heterocycles. The van der Waals surface area contributed by atoms with E-state index in [2.05, 4.69) is 17.2 Å². The lowest BCUT2D eigenvalue weighted by Crippen LogP contribution is -2.42. The zero-order chi connectivity index (χ0) is 18.1. The van der Waals surface area contributed by atoms with Gasteiger partial charge in [-0.3, -0.25) is 4.79 Å². The lowest BCUT2D eigenvalue weighted by molar-refractivity contribution is 0.0953. The third-order valence-corrected chi connectivity index (χ3v) is 4.43. The van der Waals surface area contributed by atoms with Crippen LogP contribution in [0, 0.1) is 6.92 Å². The van der Waals surface area contributed by atoms with Crippen LogP contribution in [-0.2, 0) is 6.54 Å². The van der Waals surface area contributed by atoms with Gasteiger partial charge in [-0.2, -0.15) is 0 Å². The van der Waals surface area contributed by atoms with Gasteiger partial charge < -0.3 is 15.5 Å². The minimum Gasteiger partial charge on any atom is -0.350 e. The molecule has 25 heavy (non-hydrogen) atoms. The molecule has 6 heteroatoms. The van der Waals surface area contributed by atoms with Crippen LogP contribution in [0.2, 0.25) is 0 Å². The zero-order valence-electron chi connectivity index (χ0n) is 14.3. The highest BCUT2D eigenvalue weighted by Crippen LogP contribution is 2.11. The predicted octanol–water partition coefficient (Wildman–Crippen LogP) is 3.18. The Morgan fingerprint density at radius 2 is 1.88 bits per heavy atom. The summed E-state index contributed by atoms with van der Waals surface area (Å²) < 4.78 is 0. The van der Waals surface area contributed by atoms with Crippen molar-refractivity contribution in [2.45, 2.75) is 13.5 Å². The number of hydrogen-bond acceptors (Lipinski definition) is 3. The van der Waals surface area contributed by atoms with Gasteiger partial charge in [0, 0.05) is 30.1 Å². The number of carbonyl (C=O) groups excluding carboxylic acids is 2. The number of rotatable bonds is 8. The van der Waals surface area contributed by atoms with Gasteiger partial charge >= 0.3 is 6.03 Å². The van der Waals surface area contributed by atoms with Crippen molar-refractivity contribution >= 4 is 23.3 Å². The van der Waals surface area contributed by atoms with Crippen LogP contribution in [0.4, 0.5) is 4.79 Å². The normalized spacial score (nSPS) is 10.1. The van der Waals surface area contributed by atoms with E-state index in [1.54, 1.807) is 34.4 Å². The van der Waals surface area contributed by atoms with Gasteiger partial charge in [0.1, 0.15) is 0 Å². The quantitative estimate of drug-likeness (QED) is 0.563. The maximum atomic E-state index is 12.3. The molecule has 0 atom stereocenters. The van der Waals surface area contributed by atoms with Crippen LogP contribution in [0.5, 0.6) is 0 Å². The molecule has 0 radical (unpaired) electrons. The van der Waals surface area contributed by atoms with Crippen molar-refractivity contribution in [3.63, 3.8) is 0 Å². The summed E-state index contributed by atoms with van der Waals surface area (Å²) in [4.78, 5) is 27.1. The number of amides is 3. The molecule has 1 aromatic carbocycles. The minimum atomic E-state index is -0.169. The summed E-state index contributed by atoms with van der Waals surface area (Å²) in [6.45, 7) is 7.43. The summed E-state index contributed by atoms with van der Waals surface area (Å²) in [5, 5.41) is 7.61. The Kier molecular flexibility index (Phi) is 7.22. The molecule has 0 unspecified atom stereocenters. The van der Waals surface area contributed by atoms with Gasteiger partial charge in [0.15, 0.2) is 0 Å². The van der Waals surface area contributed by atoms with Crippen LogP contribution in [0.15, 0.2) is 54.4 Å². The average molecular weight is 357 g/mol. The molecule has 2 aromatic rings. The number of thiophene rings is 1. The second-order valence-corrected chi connectivity index (χ2v) is 6.63. The first-order valence-electron chi connectivity index (χ1n) is 8.11. The molecule has 0 spiro atoms. The molecule has 1 aromatic heterocycles. The summed E-state index contributed by atoms with van der Waals surface area (Å²) in [7, 11) is 0. The van der Waals surface area contributed by atoms with E-state index in [0.29, 0.717) is 31.7 Å². The average Bonchev–Trinajstić information content (AvgIpc) is 3.11. The van der Waals surface area contributed by atoms with Gasteiger partial charge in [-0.1, -0.05) is 29.8 Å². The number of hydrogen-bond donors (Lipinski definition) is 2. The van der Waals surface area contributed by atoms with Gasteiger partial charge in [-0.15, -0.1) is 17.9 Å². The van der Waals surface area contributed by atoms with E-state index in [9.17, 15) is 9.59 Å². The van der Waals surface area contributed by atoms with Crippen LogP contribution in [0.3, 0.4) is 0 Å². The third-order valence-electron chi connectivity index (χ3n) is 3.56. The summed E-state index contributed by atoms with van der Waals surface area (Å²) >= 11 is 1.61. The molecule has 0 bridgehead atoms. The highest BCUT2D eigenvalue weighted by molar-refractivity contribution is 7.09. The number of nitrogens with one attached hydrogen (secondary N) is 2. The monoisotopic (exact) mass is 357 g/mol. The molecule has 2 rings (SSSR count). The van der Waals surface area contributed by atoms with E-state index in [0.717, 1.165) is 10.4 Å². The molecular weight excluding hydrogens is 334 g/mol. The maximum Gasteiger partial charge on any atom is 0.318 e. The second-order valence-electron chi connectivity index (χ2n) is 5.60. The summed E-state index contributed by atoms with van der Waals surface area (Å²) in [5.74, 6) is -0.143. The van der Waals surface area contributed by atoms with Gasteiger partial charge in [0.2, 0.25) is 0 Å². The van der Waals surface area contributed by atoms with E-state index >= 15 is 0 Å². The fourth-order valence-electron chi connectivity index (χ4n) is 2.23. The Balaban J connectivity index is 1.75. The number of urea groups is 1. The number of nitrogens with zero attached hydrogens (tertiary/aromatic N) is 1.